The molecule has 0 bridgehead atoms. The van der Waals surface area contributed by atoms with Crippen LogP contribution in [0.15, 0.2) is 12.4 Å². The van der Waals surface area contributed by atoms with Crippen molar-refractivity contribution < 1.29 is 0 Å². The summed E-state index contributed by atoms with van der Waals surface area (Å²) in [7, 11) is 0. The van der Waals surface area contributed by atoms with Crippen LogP contribution in [0, 0.1) is 23.7 Å². The van der Waals surface area contributed by atoms with Gasteiger partial charge in [-0.05, 0) is 74.2 Å². The summed E-state index contributed by atoms with van der Waals surface area (Å²) in [5.41, 5.74) is 1.31. The minimum Gasteiger partial charge on any atom is -0.241 e. The standard InChI is InChI=1S/C28H48N2/c1-3-5-7-9-23-11-16-26(17-12-23)27-18-13-24(14-19-27)15-20-28-29-21-25(22-30-28)10-8-6-4-2/h21-24,26-27H,3-20H2,1-2H3. The van der Waals surface area contributed by atoms with Crippen molar-refractivity contribution in [2.45, 2.75) is 129 Å². The minimum absolute atomic E-state index is 0.916. The average molecular weight is 413 g/mol. The van der Waals surface area contributed by atoms with Crippen molar-refractivity contribution in [3.63, 3.8) is 0 Å². The minimum atomic E-state index is 0.916. The van der Waals surface area contributed by atoms with Gasteiger partial charge in [-0.2, -0.15) is 0 Å². The van der Waals surface area contributed by atoms with Crippen molar-refractivity contribution >= 4 is 0 Å². The van der Waals surface area contributed by atoms with Gasteiger partial charge in [0.2, 0.25) is 0 Å². The van der Waals surface area contributed by atoms with E-state index in [2.05, 4.69) is 36.2 Å². The molecule has 0 amide bonds. The highest BCUT2D eigenvalue weighted by Crippen LogP contribution is 2.43. The maximum absolute atomic E-state index is 4.65. The third-order valence-electron chi connectivity index (χ3n) is 8.27. The fourth-order valence-corrected chi connectivity index (χ4v) is 6.13. The van der Waals surface area contributed by atoms with E-state index in [4.69, 9.17) is 0 Å². The second kappa shape index (κ2) is 13.5. The topological polar surface area (TPSA) is 25.8 Å². The van der Waals surface area contributed by atoms with Crippen molar-refractivity contribution in [1.29, 1.82) is 0 Å². The van der Waals surface area contributed by atoms with Gasteiger partial charge < -0.3 is 0 Å². The first-order valence-corrected chi connectivity index (χ1v) is 13.6. The number of nitrogens with zero attached hydrogens (tertiary/aromatic N) is 2. The van der Waals surface area contributed by atoms with Gasteiger partial charge in [-0.1, -0.05) is 78.1 Å². The van der Waals surface area contributed by atoms with Crippen LogP contribution in [-0.4, -0.2) is 9.97 Å². The van der Waals surface area contributed by atoms with Crippen LogP contribution in [0.5, 0.6) is 0 Å². The molecule has 2 nitrogen and oxygen atoms in total. The zero-order valence-electron chi connectivity index (χ0n) is 20.1. The molecule has 0 saturated heterocycles. The number of hydrogen-bond acceptors (Lipinski definition) is 2. The highest BCUT2D eigenvalue weighted by molar-refractivity contribution is 5.05. The zero-order valence-corrected chi connectivity index (χ0v) is 20.1. The molecule has 1 aromatic heterocycles. The molecule has 0 unspecified atom stereocenters. The van der Waals surface area contributed by atoms with Crippen LogP contribution in [0.25, 0.3) is 0 Å². The van der Waals surface area contributed by atoms with Gasteiger partial charge in [0.15, 0.2) is 0 Å². The monoisotopic (exact) mass is 412 g/mol. The van der Waals surface area contributed by atoms with Crippen LogP contribution >= 0.6 is 0 Å². The Morgan fingerprint density at radius 2 is 1.17 bits per heavy atom. The molecule has 1 heterocycles. The van der Waals surface area contributed by atoms with Gasteiger partial charge in [-0.25, -0.2) is 9.97 Å². The highest BCUT2D eigenvalue weighted by Gasteiger charge is 2.30. The number of hydrogen-bond donors (Lipinski definition) is 0. The van der Waals surface area contributed by atoms with Gasteiger partial charge in [-0.15, -0.1) is 0 Å². The summed E-state index contributed by atoms with van der Waals surface area (Å²) in [6, 6.07) is 0. The molecule has 0 aliphatic heterocycles. The Morgan fingerprint density at radius 1 is 0.633 bits per heavy atom. The summed E-state index contributed by atoms with van der Waals surface area (Å²) in [6.45, 7) is 4.58. The summed E-state index contributed by atoms with van der Waals surface area (Å²) >= 11 is 0. The average Bonchev–Trinajstić information content (AvgIpc) is 2.80. The first-order valence-electron chi connectivity index (χ1n) is 13.6. The molecular formula is C28H48N2. The van der Waals surface area contributed by atoms with Gasteiger partial charge in [0.1, 0.15) is 5.82 Å². The third-order valence-corrected chi connectivity index (χ3v) is 8.27. The van der Waals surface area contributed by atoms with Crippen molar-refractivity contribution in [2.75, 3.05) is 0 Å². The number of unbranched alkanes of at least 4 members (excludes halogenated alkanes) is 4. The Hall–Kier alpha value is -0.920. The zero-order chi connectivity index (χ0) is 21.0. The molecule has 30 heavy (non-hydrogen) atoms. The van der Waals surface area contributed by atoms with Crippen LogP contribution in [0.4, 0.5) is 0 Å². The van der Waals surface area contributed by atoms with Gasteiger partial charge in [0, 0.05) is 18.8 Å². The van der Waals surface area contributed by atoms with Gasteiger partial charge in [-0.3, -0.25) is 0 Å². The van der Waals surface area contributed by atoms with E-state index in [0.29, 0.717) is 0 Å². The van der Waals surface area contributed by atoms with E-state index >= 15 is 0 Å². The Morgan fingerprint density at radius 3 is 1.73 bits per heavy atom. The molecule has 0 N–H and O–H groups in total. The lowest BCUT2D eigenvalue weighted by Crippen LogP contribution is -2.26. The van der Waals surface area contributed by atoms with E-state index in [9.17, 15) is 0 Å². The van der Waals surface area contributed by atoms with E-state index in [1.165, 1.54) is 108 Å². The quantitative estimate of drug-likeness (QED) is 0.322. The maximum atomic E-state index is 4.65. The molecule has 0 aromatic carbocycles. The lowest BCUT2D eigenvalue weighted by atomic mass is 9.68. The lowest BCUT2D eigenvalue weighted by Gasteiger charge is -2.38. The Labute approximate surface area is 187 Å². The molecule has 0 atom stereocenters. The van der Waals surface area contributed by atoms with Crippen LogP contribution in [-0.2, 0) is 12.8 Å². The predicted molar refractivity (Wildman–Crippen MR) is 129 cm³/mol. The molecule has 2 saturated carbocycles. The second-order valence-corrected chi connectivity index (χ2v) is 10.6. The van der Waals surface area contributed by atoms with E-state index in [0.717, 1.165) is 42.3 Å². The van der Waals surface area contributed by atoms with E-state index in [1.54, 1.807) is 0 Å². The summed E-state index contributed by atoms with van der Waals surface area (Å²) in [4.78, 5) is 9.31. The smallest absolute Gasteiger partial charge is 0.128 e. The van der Waals surface area contributed by atoms with Gasteiger partial charge in [0.05, 0.1) is 0 Å². The van der Waals surface area contributed by atoms with Crippen LogP contribution in [0.3, 0.4) is 0 Å². The number of aromatic nitrogens is 2. The molecule has 2 fully saturated rings. The molecule has 2 aliphatic rings. The summed E-state index contributed by atoms with van der Waals surface area (Å²) in [5.74, 6) is 5.13. The van der Waals surface area contributed by atoms with Crippen LogP contribution in [0.2, 0.25) is 0 Å². The number of aryl methyl sites for hydroxylation is 2. The summed E-state index contributed by atoms with van der Waals surface area (Å²) < 4.78 is 0. The molecule has 170 valence electrons. The van der Waals surface area contributed by atoms with E-state index < -0.39 is 0 Å². The van der Waals surface area contributed by atoms with Crippen LogP contribution in [0.1, 0.15) is 128 Å². The summed E-state index contributed by atoms with van der Waals surface area (Å²) in [5, 5.41) is 0. The molecule has 3 rings (SSSR count). The van der Waals surface area contributed by atoms with Crippen molar-refractivity contribution in [3.05, 3.63) is 23.8 Å². The number of rotatable bonds is 12. The Bertz CT molecular complexity index is 551. The molecule has 0 radical (unpaired) electrons. The Kier molecular flexibility index (Phi) is 10.7. The van der Waals surface area contributed by atoms with Gasteiger partial charge >= 0.3 is 0 Å². The van der Waals surface area contributed by atoms with Crippen molar-refractivity contribution in [3.8, 4) is 0 Å². The highest BCUT2D eigenvalue weighted by atomic mass is 14.9. The first kappa shape index (κ1) is 23.7. The molecule has 2 aliphatic carbocycles. The van der Waals surface area contributed by atoms with E-state index in [1.807, 2.05) is 0 Å². The molecule has 0 spiro atoms. The summed E-state index contributed by atoms with van der Waals surface area (Å²) in [6.07, 6.45) is 29.3. The second-order valence-electron chi connectivity index (χ2n) is 10.6. The first-order chi connectivity index (χ1) is 14.8. The Balaban J connectivity index is 1.29. The normalized spacial score (nSPS) is 27.3. The predicted octanol–water partition coefficient (Wildman–Crippen LogP) is 8.34. The van der Waals surface area contributed by atoms with Gasteiger partial charge in [0.25, 0.3) is 0 Å². The van der Waals surface area contributed by atoms with Crippen molar-refractivity contribution in [2.24, 2.45) is 23.7 Å². The maximum Gasteiger partial charge on any atom is 0.128 e. The lowest BCUT2D eigenvalue weighted by molar-refractivity contribution is 0.140. The largest absolute Gasteiger partial charge is 0.241 e. The fraction of sp³-hybridized carbons (Fsp3) is 0.857. The third kappa shape index (κ3) is 7.97. The SMILES string of the molecule is CCCCCc1cnc(CCC2CCC(C3CCC(CCCCC)CC3)CC2)nc1. The van der Waals surface area contributed by atoms with Crippen molar-refractivity contribution in [1.82, 2.24) is 9.97 Å². The van der Waals surface area contributed by atoms with E-state index in [-0.39, 0.29) is 0 Å². The molecular weight excluding hydrogens is 364 g/mol. The fourth-order valence-electron chi connectivity index (χ4n) is 6.13. The molecule has 1 aromatic rings. The molecule has 2 heteroatoms. The van der Waals surface area contributed by atoms with Crippen LogP contribution < -0.4 is 0 Å².